The summed E-state index contributed by atoms with van der Waals surface area (Å²) in [7, 11) is 1.70. The first kappa shape index (κ1) is 29.4. The highest BCUT2D eigenvalue weighted by molar-refractivity contribution is 5.88. The van der Waals surface area contributed by atoms with Crippen LogP contribution in [0.3, 0.4) is 0 Å². The maximum atomic E-state index is 13.6. The fourth-order valence-corrected chi connectivity index (χ4v) is 3.18. The smallest absolute Gasteiger partial charge is 0.222 e. The quantitative estimate of drug-likeness (QED) is 0.426. The van der Waals surface area contributed by atoms with Gasteiger partial charge in [-0.05, 0) is 91.9 Å². The van der Waals surface area contributed by atoms with Crippen LogP contribution < -0.4 is 16.8 Å². The molecule has 1 heterocycles. The van der Waals surface area contributed by atoms with Gasteiger partial charge < -0.3 is 26.3 Å². The van der Waals surface area contributed by atoms with Gasteiger partial charge in [0.05, 0.1) is 11.3 Å². The molecule has 2 aromatic carbocycles. The Morgan fingerprint density at radius 1 is 1.11 bits per heavy atom. The number of pyridine rings is 1. The Balaban J connectivity index is 0.000000523. The van der Waals surface area contributed by atoms with E-state index in [-0.39, 0.29) is 17.2 Å². The van der Waals surface area contributed by atoms with Crippen LogP contribution in [0.1, 0.15) is 32.8 Å². The number of nitrogens with two attached hydrogens (primary N) is 2. The minimum Gasteiger partial charge on any atom is -0.396 e. The van der Waals surface area contributed by atoms with Crippen LogP contribution in [0.4, 0.5) is 15.9 Å². The van der Waals surface area contributed by atoms with Gasteiger partial charge in [0, 0.05) is 20.2 Å². The number of amides is 1. The van der Waals surface area contributed by atoms with Gasteiger partial charge in [-0.25, -0.2) is 9.37 Å². The third-order valence-electron chi connectivity index (χ3n) is 5.21. The van der Waals surface area contributed by atoms with Crippen LogP contribution in [0, 0.1) is 12.7 Å². The molecular weight excluding hydrogens is 447 g/mol. The van der Waals surface area contributed by atoms with Crippen molar-refractivity contribution in [1.82, 2.24) is 4.98 Å². The lowest BCUT2D eigenvalue weighted by Crippen LogP contribution is -2.25. The van der Waals surface area contributed by atoms with E-state index in [2.05, 4.69) is 10.3 Å². The van der Waals surface area contributed by atoms with Crippen molar-refractivity contribution in [2.75, 3.05) is 24.7 Å². The molecule has 3 rings (SSSR count). The first-order valence-electron chi connectivity index (χ1n) is 11.0. The predicted octanol–water partition coefficient (Wildman–Crippen LogP) is 4.98. The Labute approximate surface area is 206 Å². The molecule has 7 nitrogen and oxygen atoms in total. The molecule has 35 heavy (non-hydrogen) atoms. The van der Waals surface area contributed by atoms with Gasteiger partial charge in [0.2, 0.25) is 5.91 Å². The van der Waals surface area contributed by atoms with Crippen molar-refractivity contribution in [2.24, 2.45) is 5.73 Å². The topological polar surface area (TPSA) is 120 Å². The molecule has 0 bridgehead atoms. The number of nitrogen functional groups attached to an aromatic ring is 1. The van der Waals surface area contributed by atoms with Crippen LogP contribution in [-0.4, -0.2) is 36.9 Å². The molecule has 0 radical (unpaired) electrons. The van der Waals surface area contributed by atoms with E-state index >= 15 is 0 Å². The number of hydrogen-bond donors (Lipinski definition) is 3. The molecule has 1 aromatic heterocycles. The number of nitrogens with one attached hydrogen (secondary N) is 1. The summed E-state index contributed by atoms with van der Waals surface area (Å²) in [5.74, 6) is -0.0834. The van der Waals surface area contributed by atoms with E-state index in [0.717, 1.165) is 34.2 Å². The number of anilines is 2. The van der Waals surface area contributed by atoms with E-state index in [4.69, 9.17) is 21.0 Å². The molecule has 8 heteroatoms. The molecule has 0 aliphatic rings. The molecule has 0 saturated carbocycles. The SMILES string of the molecule is C=O.CC(=O)Nc1cc(-c2cccc(-c3cc(N)c(F)cc3C)c2)ccn1.COC(C)(C)CCN. The summed E-state index contributed by atoms with van der Waals surface area (Å²) in [6.45, 7) is 10.0. The zero-order chi connectivity index (χ0) is 26.6. The highest BCUT2D eigenvalue weighted by Crippen LogP contribution is 2.31. The molecule has 0 spiro atoms. The number of rotatable bonds is 6. The van der Waals surface area contributed by atoms with E-state index < -0.39 is 5.82 Å². The number of halogens is 1. The Bertz CT molecular complexity index is 1120. The molecule has 0 aliphatic carbocycles. The minimum atomic E-state index is -0.411. The normalized spacial score (nSPS) is 10.4. The molecule has 1 amide bonds. The van der Waals surface area contributed by atoms with Crippen LogP contribution in [0.25, 0.3) is 22.3 Å². The Morgan fingerprint density at radius 2 is 1.74 bits per heavy atom. The second-order valence-corrected chi connectivity index (χ2v) is 8.38. The third-order valence-corrected chi connectivity index (χ3v) is 5.21. The van der Waals surface area contributed by atoms with Crippen LogP contribution in [-0.2, 0) is 14.3 Å². The third kappa shape index (κ3) is 9.27. The average Bonchev–Trinajstić information content (AvgIpc) is 2.83. The van der Waals surface area contributed by atoms with E-state index in [9.17, 15) is 9.18 Å². The summed E-state index contributed by atoms with van der Waals surface area (Å²) in [5, 5.41) is 2.68. The maximum Gasteiger partial charge on any atom is 0.222 e. The zero-order valence-electron chi connectivity index (χ0n) is 21.0. The van der Waals surface area contributed by atoms with Crippen molar-refractivity contribution in [2.45, 2.75) is 39.7 Å². The van der Waals surface area contributed by atoms with E-state index in [1.54, 1.807) is 19.4 Å². The summed E-state index contributed by atoms with van der Waals surface area (Å²) >= 11 is 0. The van der Waals surface area contributed by atoms with Crippen molar-refractivity contribution in [3.63, 3.8) is 0 Å². The lowest BCUT2D eigenvalue weighted by atomic mass is 9.96. The number of carbonyl (C=O) groups is 2. The van der Waals surface area contributed by atoms with Crippen LogP contribution in [0.2, 0.25) is 0 Å². The van der Waals surface area contributed by atoms with Gasteiger partial charge in [-0.1, -0.05) is 18.2 Å². The molecule has 0 saturated heterocycles. The number of benzene rings is 2. The number of aryl methyl sites for hydroxylation is 1. The first-order chi connectivity index (χ1) is 16.6. The molecule has 3 aromatic rings. The minimum absolute atomic E-state index is 0.0330. The fourth-order valence-electron chi connectivity index (χ4n) is 3.18. The van der Waals surface area contributed by atoms with Gasteiger partial charge in [0.1, 0.15) is 18.4 Å². The fraction of sp³-hybridized carbons (Fsp3) is 0.296. The first-order valence-corrected chi connectivity index (χ1v) is 11.0. The number of hydrogen-bond acceptors (Lipinski definition) is 6. The summed E-state index contributed by atoms with van der Waals surface area (Å²) in [4.78, 5) is 23.3. The highest BCUT2D eigenvalue weighted by atomic mass is 19.1. The van der Waals surface area contributed by atoms with E-state index in [0.29, 0.717) is 12.4 Å². The standard InChI is InChI=1S/C20H18FN3O.C6H15NO.CH2O/c1-12-8-18(21)19(22)11-17(12)16-5-3-4-14(9-16)15-6-7-23-20(10-15)24-13(2)25;1-6(2,8-3)4-5-7;1-2/h3-11H,22H2,1-2H3,(H,23,24,25);4-5,7H2,1-3H3;1H2. The second-order valence-electron chi connectivity index (χ2n) is 8.38. The second kappa shape index (κ2) is 13.9. The summed E-state index contributed by atoms with van der Waals surface area (Å²) in [6.07, 6.45) is 2.57. The Morgan fingerprint density at radius 3 is 2.31 bits per heavy atom. The van der Waals surface area contributed by atoms with Gasteiger partial charge in [-0.15, -0.1) is 0 Å². The van der Waals surface area contributed by atoms with Crippen molar-refractivity contribution in [3.8, 4) is 22.3 Å². The molecule has 0 atom stereocenters. The van der Waals surface area contributed by atoms with Gasteiger partial charge in [-0.3, -0.25) is 4.79 Å². The van der Waals surface area contributed by atoms with Gasteiger partial charge >= 0.3 is 0 Å². The van der Waals surface area contributed by atoms with E-state index in [1.165, 1.54) is 13.0 Å². The lowest BCUT2D eigenvalue weighted by molar-refractivity contribution is -0.114. The van der Waals surface area contributed by atoms with Crippen molar-refractivity contribution < 1.29 is 18.7 Å². The van der Waals surface area contributed by atoms with E-state index in [1.807, 2.05) is 64.0 Å². The summed E-state index contributed by atoms with van der Waals surface area (Å²) in [5.41, 5.74) is 15.7. The summed E-state index contributed by atoms with van der Waals surface area (Å²) < 4.78 is 18.7. The van der Waals surface area contributed by atoms with Gasteiger partial charge in [0.25, 0.3) is 0 Å². The molecule has 188 valence electrons. The van der Waals surface area contributed by atoms with Crippen LogP contribution in [0.5, 0.6) is 0 Å². The number of ether oxygens (including phenoxy) is 1. The number of carbonyl (C=O) groups excluding carboxylic acids is 2. The average molecular weight is 483 g/mol. The Hall–Kier alpha value is -3.62. The van der Waals surface area contributed by atoms with Crippen molar-refractivity contribution >= 4 is 24.2 Å². The largest absolute Gasteiger partial charge is 0.396 e. The molecular formula is C27H35FN4O3. The number of methoxy groups -OCH3 is 1. The molecule has 5 N–H and O–H groups in total. The predicted molar refractivity (Wildman–Crippen MR) is 140 cm³/mol. The molecule has 0 fully saturated rings. The van der Waals surface area contributed by atoms with Gasteiger partial charge in [-0.2, -0.15) is 0 Å². The van der Waals surface area contributed by atoms with Crippen LogP contribution in [0.15, 0.2) is 54.7 Å². The maximum absolute atomic E-state index is 13.6. The summed E-state index contributed by atoms with van der Waals surface area (Å²) in [6, 6.07) is 14.6. The van der Waals surface area contributed by atoms with Crippen molar-refractivity contribution in [1.29, 1.82) is 0 Å². The number of aromatic nitrogens is 1. The monoisotopic (exact) mass is 482 g/mol. The number of nitrogens with zero attached hydrogens (tertiary/aromatic N) is 1. The lowest BCUT2D eigenvalue weighted by Gasteiger charge is -2.21. The van der Waals surface area contributed by atoms with Crippen LogP contribution >= 0.6 is 0 Å². The Kier molecular flexibility index (Phi) is 11.7. The van der Waals surface area contributed by atoms with Gasteiger partial charge in [0.15, 0.2) is 0 Å². The zero-order valence-corrected chi connectivity index (χ0v) is 21.0. The van der Waals surface area contributed by atoms with Crippen molar-refractivity contribution in [3.05, 3.63) is 66.1 Å². The molecule has 0 aliphatic heterocycles. The highest BCUT2D eigenvalue weighted by Gasteiger charge is 2.13. The molecule has 0 unspecified atom stereocenters.